The topological polar surface area (TPSA) is 66.0 Å². The van der Waals surface area contributed by atoms with Crippen molar-refractivity contribution in [3.8, 4) is 0 Å². The van der Waals surface area contributed by atoms with Gasteiger partial charge in [-0.2, -0.15) is 0 Å². The lowest BCUT2D eigenvalue weighted by Gasteiger charge is -2.57. The molecule has 4 aliphatic heterocycles. The molecule has 2 unspecified atom stereocenters. The second-order valence-corrected chi connectivity index (χ2v) is 9.30. The van der Waals surface area contributed by atoms with E-state index in [2.05, 4.69) is 12.2 Å². The zero-order chi connectivity index (χ0) is 21.1. The Balaban J connectivity index is 1.44. The van der Waals surface area contributed by atoms with Crippen molar-refractivity contribution in [2.24, 2.45) is 17.8 Å². The molecule has 7 heteroatoms. The Morgan fingerprint density at radius 3 is 2.73 bits per heavy atom. The third-order valence-corrected chi connectivity index (χ3v) is 7.40. The molecule has 4 heterocycles. The van der Waals surface area contributed by atoms with E-state index in [0.717, 1.165) is 36.8 Å². The first-order valence-electron chi connectivity index (χ1n) is 10.8. The fraction of sp³-hybridized carbons (Fsp3) is 0.609. The average Bonchev–Trinajstić information content (AvgIpc) is 2.96. The summed E-state index contributed by atoms with van der Waals surface area (Å²) in [6.07, 6.45) is 2.93. The number of hydrogen-bond acceptors (Lipinski definition) is 5. The highest BCUT2D eigenvalue weighted by Crippen LogP contribution is 2.60. The maximum Gasteiger partial charge on any atom is 0.286 e. The summed E-state index contributed by atoms with van der Waals surface area (Å²) in [5, 5.41) is 2.89. The molecule has 1 aromatic carbocycles. The van der Waals surface area contributed by atoms with E-state index in [0.29, 0.717) is 11.7 Å². The number of carbonyl (C=O) groups excluding carboxylic acids is 1. The lowest BCUT2D eigenvalue weighted by atomic mass is 9.59. The van der Waals surface area contributed by atoms with Gasteiger partial charge in [-0.05, 0) is 62.3 Å². The second-order valence-electron chi connectivity index (χ2n) is 9.30. The van der Waals surface area contributed by atoms with Gasteiger partial charge in [-0.25, -0.2) is 14.2 Å². The number of ether oxygens (including phenoxy) is 2. The van der Waals surface area contributed by atoms with Gasteiger partial charge < -0.3 is 14.8 Å². The molecule has 6 nitrogen and oxygen atoms in total. The molecule has 1 aromatic rings. The summed E-state index contributed by atoms with van der Waals surface area (Å²) < 4.78 is 25.6. The summed E-state index contributed by atoms with van der Waals surface area (Å²) in [5.74, 6) is -0.486. The molecule has 1 saturated carbocycles. The Labute approximate surface area is 175 Å². The molecule has 1 N–H and O–H groups in total. The van der Waals surface area contributed by atoms with E-state index in [4.69, 9.17) is 19.2 Å². The normalized spacial score (nSPS) is 39.7. The van der Waals surface area contributed by atoms with Crippen LogP contribution in [-0.4, -0.2) is 23.6 Å². The van der Waals surface area contributed by atoms with Gasteiger partial charge in [0.25, 0.3) is 5.91 Å². The maximum absolute atomic E-state index is 13.1. The van der Waals surface area contributed by atoms with Crippen LogP contribution in [0.3, 0.4) is 0 Å². The minimum atomic E-state index is -0.877. The van der Waals surface area contributed by atoms with Gasteiger partial charge in [-0.3, -0.25) is 4.79 Å². The number of hydrogen-bond donors (Lipinski definition) is 1. The number of nitrogens with one attached hydrogen (secondary N) is 1. The van der Waals surface area contributed by atoms with E-state index >= 15 is 0 Å². The number of halogens is 1. The smallest absolute Gasteiger partial charge is 0.286 e. The fourth-order valence-electron chi connectivity index (χ4n) is 5.71. The molecule has 30 heavy (non-hydrogen) atoms. The van der Waals surface area contributed by atoms with E-state index in [9.17, 15) is 9.18 Å². The summed E-state index contributed by atoms with van der Waals surface area (Å²) in [5.41, 5.74) is 0.965. The van der Waals surface area contributed by atoms with Crippen molar-refractivity contribution in [2.75, 3.05) is 0 Å². The van der Waals surface area contributed by atoms with Crippen LogP contribution in [0.4, 0.5) is 4.39 Å². The van der Waals surface area contributed by atoms with Crippen LogP contribution in [0.15, 0.2) is 35.6 Å². The Hall–Kier alpha value is -1.96. The lowest BCUT2D eigenvalue weighted by molar-refractivity contribution is -0.555. The third-order valence-electron chi connectivity index (χ3n) is 7.40. The summed E-state index contributed by atoms with van der Waals surface area (Å²) in [6.45, 7) is 6.34. The molecule has 2 bridgehead atoms. The van der Waals surface area contributed by atoms with E-state index in [1.807, 2.05) is 13.8 Å². The van der Waals surface area contributed by atoms with E-state index < -0.39 is 17.7 Å². The number of amides is 1. The van der Waals surface area contributed by atoms with Gasteiger partial charge in [-0.1, -0.05) is 19.1 Å². The molecule has 4 fully saturated rings. The monoisotopic (exact) mass is 417 g/mol. The van der Waals surface area contributed by atoms with Crippen molar-refractivity contribution in [3.63, 3.8) is 0 Å². The molecule has 6 rings (SSSR count). The van der Waals surface area contributed by atoms with Crippen LogP contribution < -0.4 is 5.32 Å². The van der Waals surface area contributed by atoms with Gasteiger partial charge in [0.15, 0.2) is 11.4 Å². The molecule has 0 aromatic heterocycles. The minimum Gasteiger partial charge on any atom is -0.456 e. The summed E-state index contributed by atoms with van der Waals surface area (Å²) in [4.78, 5) is 24.9. The van der Waals surface area contributed by atoms with Crippen LogP contribution in [0.5, 0.6) is 0 Å². The number of carbonyl (C=O) groups is 1. The standard InChI is InChI=1S/C23H28FNO5/c1-13-4-9-18-14(2)19(20(26)25-12-15-5-7-16(24)8-6-15)27-21-23(18)17(13)10-11-22(3,28-21)29-30-23/h5-8,13,17-18,21H,4,9-12H2,1-3H3,(H,25,26)/t13-,17+,18+,21?,22?,23-/m1/s1. The maximum atomic E-state index is 13.1. The van der Waals surface area contributed by atoms with Crippen molar-refractivity contribution in [2.45, 2.75) is 70.7 Å². The van der Waals surface area contributed by atoms with Crippen LogP contribution >= 0.6 is 0 Å². The van der Waals surface area contributed by atoms with E-state index in [1.54, 1.807) is 12.1 Å². The quantitative estimate of drug-likeness (QED) is 0.754. The van der Waals surface area contributed by atoms with E-state index in [-0.39, 0.29) is 30.1 Å². The molecule has 5 aliphatic rings. The van der Waals surface area contributed by atoms with Gasteiger partial charge in [0.2, 0.25) is 12.1 Å². The SMILES string of the molecule is CC1=C(C(=O)NCc2ccc(F)cc2)OC2OC3(C)CC[C@H]4[C@H](C)CC[C@@H]1[C@@]24OO3. The largest absolute Gasteiger partial charge is 0.456 e. The van der Waals surface area contributed by atoms with Crippen molar-refractivity contribution in [1.29, 1.82) is 0 Å². The lowest BCUT2D eigenvalue weighted by Crippen LogP contribution is -2.67. The Morgan fingerprint density at radius 2 is 1.97 bits per heavy atom. The molecule has 1 spiro atoms. The highest BCUT2D eigenvalue weighted by molar-refractivity contribution is 5.92. The van der Waals surface area contributed by atoms with Gasteiger partial charge in [-0.15, -0.1) is 0 Å². The summed E-state index contributed by atoms with van der Waals surface area (Å²) >= 11 is 0. The number of fused-ring (bicyclic) bond motifs is 2. The second kappa shape index (κ2) is 7.04. The molecular weight excluding hydrogens is 389 g/mol. The van der Waals surface area contributed by atoms with Gasteiger partial charge in [0.05, 0.1) is 0 Å². The van der Waals surface area contributed by atoms with Crippen molar-refractivity contribution in [1.82, 2.24) is 5.32 Å². The molecule has 1 aliphatic carbocycles. The molecule has 162 valence electrons. The van der Waals surface area contributed by atoms with Crippen LogP contribution in [0.1, 0.15) is 52.0 Å². The predicted octanol–water partition coefficient (Wildman–Crippen LogP) is 3.96. The van der Waals surface area contributed by atoms with Crippen LogP contribution in [0, 0.1) is 23.6 Å². The summed E-state index contributed by atoms with van der Waals surface area (Å²) in [6, 6.07) is 6.06. The number of benzene rings is 1. The Bertz CT molecular complexity index is 886. The fourth-order valence-corrected chi connectivity index (χ4v) is 5.71. The minimum absolute atomic E-state index is 0.00771. The van der Waals surface area contributed by atoms with Crippen molar-refractivity contribution in [3.05, 3.63) is 47.0 Å². The average molecular weight is 417 g/mol. The van der Waals surface area contributed by atoms with Gasteiger partial charge in [0.1, 0.15) is 5.82 Å². The summed E-state index contributed by atoms with van der Waals surface area (Å²) in [7, 11) is 0. The Morgan fingerprint density at radius 1 is 1.20 bits per heavy atom. The van der Waals surface area contributed by atoms with Crippen LogP contribution in [0.2, 0.25) is 0 Å². The predicted molar refractivity (Wildman–Crippen MR) is 105 cm³/mol. The first-order chi connectivity index (χ1) is 14.3. The van der Waals surface area contributed by atoms with Gasteiger partial charge >= 0.3 is 0 Å². The zero-order valence-electron chi connectivity index (χ0n) is 17.6. The first-order valence-corrected chi connectivity index (χ1v) is 10.8. The molecule has 3 saturated heterocycles. The van der Waals surface area contributed by atoms with Crippen LogP contribution in [-0.2, 0) is 30.6 Å². The Kier molecular flexibility index (Phi) is 4.69. The first kappa shape index (κ1) is 20.0. The van der Waals surface area contributed by atoms with Crippen molar-refractivity contribution >= 4 is 5.91 Å². The highest BCUT2D eigenvalue weighted by atomic mass is 19.1. The van der Waals surface area contributed by atoms with Crippen LogP contribution in [0.25, 0.3) is 0 Å². The van der Waals surface area contributed by atoms with Crippen molar-refractivity contribution < 1.29 is 28.4 Å². The number of rotatable bonds is 3. The third kappa shape index (κ3) is 2.98. The van der Waals surface area contributed by atoms with Gasteiger partial charge in [0, 0.05) is 24.8 Å². The van der Waals surface area contributed by atoms with E-state index in [1.165, 1.54) is 12.1 Å². The zero-order valence-corrected chi connectivity index (χ0v) is 17.6. The highest BCUT2D eigenvalue weighted by Gasteiger charge is 2.68. The molecule has 6 atom stereocenters. The molecule has 0 radical (unpaired) electrons. The molecule has 1 amide bonds. The molecular formula is C23H28FNO5.